The molecule has 0 fully saturated rings. The summed E-state index contributed by atoms with van der Waals surface area (Å²) in [6.45, 7) is 1.44. The summed E-state index contributed by atoms with van der Waals surface area (Å²) in [7, 11) is 5.71. The van der Waals surface area contributed by atoms with Crippen LogP contribution in [0.1, 0.15) is 28.3 Å². The summed E-state index contributed by atoms with van der Waals surface area (Å²) in [6.07, 6.45) is 7.12. The summed E-state index contributed by atoms with van der Waals surface area (Å²) in [4.78, 5) is 6.52. The molecule has 5 nitrogen and oxygen atoms in total. The largest absolute Gasteiger partial charge is 0.493 e. The maximum Gasteiger partial charge on any atom is 0.161 e. The summed E-state index contributed by atoms with van der Waals surface area (Å²) in [5.41, 5.74) is 4.74. The molecule has 1 N–H and O–H groups in total. The van der Waals surface area contributed by atoms with Gasteiger partial charge in [-0.05, 0) is 47.4 Å². The van der Waals surface area contributed by atoms with E-state index >= 15 is 0 Å². The molecule has 0 bridgehead atoms. The zero-order valence-electron chi connectivity index (χ0n) is 18.3. The van der Waals surface area contributed by atoms with Crippen LogP contribution in [-0.2, 0) is 13.0 Å². The number of benzene rings is 2. The van der Waals surface area contributed by atoms with Crippen LogP contribution in [0.2, 0.25) is 0 Å². The minimum atomic E-state index is 0.107. The van der Waals surface area contributed by atoms with Crippen molar-refractivity contribution in [1.29, 1.82) is 0 Å². The topological polar surface area (TPSA) is 46.6 Å². The summed E-state index contributed by atoms with van der Waals surface area (Å²) in [6, 6.07) is 18.6. The van der Waals surface area contributed by atoms with Crippen LogP contribution in [0.15, 0.2) is 66.9 Å². The van der Waals surface area contributed by atoms with Crippen LogP contribution in [0.3, 0.4) is 0 Å². The van der Waals surface area contributed by atoms with Gasteiger partial charge in [0.2, 0.25) is 0 Å². The smallest absolute Gasteiger partial charge is 0.161 e. The van der Waals surface area contributed by atoms with E-state index in [1.54, 1.807) is 7.11 Å². The Balaban J connectivity index is 1.58. The molecule has 0 spiro atoms. The van der Waals surface area contributed by atoms with Crippen LogP contribution in [-0.4, -0.2) is 32.7 Å². The number of hydrogen-bond donors (Lipinski definition) is 1. The summed E-state index contributed by atoms with van der Waals surface area (Å²) in [5.74, 6) is 2.50. The van der Waals surface area contributed by atoms with E-state index in [4.69, 9.17) is 9.47 Å². The molecule has 0 radical (unpaired) electrons. The molecule has 1 atom stereocenters. The van der Waals surface area contributed by atoms with E-state index in [0.29, 0.717) is 6.61 Å². The van der Waals surface area contributed by atoms with Gasteiger partial charge >= 0.3 is 0 Å². The summed E-state index contributed by atoms with van der Waals surface area (Å²) in [5, 5.41) is 3.61. The van der Waals surface area contributed by atoms with E-state index in [2.05, 4.69) is 52.8 Å². The molecule has 1 aliphatic heterocycles. The molecule has 160 valence electrons. The molecule has 1 unspecified atom stereocenters. The van der Waals surface area contributed by atoms with Crippen LogP contribution >= 0.6 is 0 Å². The van der Waals surface area contributed by atoms with Gasteiger partial charge in [-0.15, -0.1) is 0 Å². The maximum atomic E-state index is 6.11. The average molecular weight is 416 g/mol. The first-order chi connectivity index (χ1) is 15.2. The number of anilines is 1. The molecule has 1 aromatic heterocycles. The second-order valence-corrected chi connectivity index (χ2v) is 7.83. The average Bonchev–Trinajstić information content (AvgIpc) is 2.81. The highest BCUT2D eigenvalue weighted by Crippen LogP contribution is 2.36. The van der Waals surface area contributed by atoms with Crippen molar-refractivity contribution >= 4 is 11.9 Å². The minimum absolute atomic E-state index is 0.107. The Morgan fingerprint density at radius 3 is 2.71 bits per heavy atom. The van der Waals surface area contributed by atoms with Crippen LogP contribution in [0.5, 0.6) is 11.5 Å². The van der Waals surface area contributed by atoms with Gasteiger partial charge in [0.05, 0.1) is 13.2 Å². The number of rotatable bonds is 7. The molecule has 2 heterocycles. The fourth-order valence-corrected chi connectivity index (χ4v) is 3.89. The van der Waals surface area contributed by atoms with E-state index < -0.39 is 0 Å². The summed E-state index contributed by atoms with van der Waals surface area (Å²) >= 11 is 0. The number of methoxy groups -OCH3 is 1. The molecule has 3 aromatic rings. The van der Waals surface area contributed by atoms with Crippen molar-refractivity contribution in [2.75, 3.05) is 32.6 Å². The molecule has 5 heteroatoms. The highest BCUT2D eigenvalue weighted by Gasteiger charge is 2.21. The lowest BCUT2D eigenvalue weighted by Crippen LogP contribution is -2.28. The number of fused-ring (bicyclic) bond motifs is 1. The van der Waals surface area contributed by atoms with Gasteiger partial charge in [0.15, 0.2) is 11.5 Å². The molecular formula is C26H29N3O2. The Morgan fingerprint density at radius 2 is 1.94 bits per heavy atom. The predicted molar refractivity (Wildman–Crippen MR) is 126 cm³/mol. The first kappa shape index (κ1) is 20.9. The molecule has 31 heavy (non-hydrogen) atoms. The summed E-state index contributed by atoms with van der Waals surface area (Å²) < 4.78 is 11.8. The number of hydrogen-bond acceptors (Lipinski definition) is 5. The molecule has 0 saturated carbocycles. The molecular weight excluding hydrogens is 386 g/mol. The van der Waals surface area contributed by atoms with E-state index in [9.17, 15) is 0 Å². The van der Waals surface area contributed by atoms with Crippen molar-refractivity contribution in [2.24, 2.45) is 0 Å². The zero-order valence-corrected chi connectivity index (χ0v) is 18.3. The van der Waals surface area contributed by atoms with Crippen LogP contribution in [0, 0.1) is 0 Å². The van der Waals surface area contributed by atoms with Crippen LogP contribution in [0.4, 0.5) is 5.82 Å². The Bertz CT molecular complexity index is 1050. The lowest BCUT2D eigenvalue weighted by atomic mass is 9.93. The quantitative estimate of drug-likeness (QED) is 0.609. The number of nitrogens with zero attached hydrogens (tertiary/aromatic N) is 2. The normalized spacial score (nSPS) is 15.5. The van der Waals surface area contributed by atoms with Gasteiger partial charge in [0.1, 0.15) is 12.4 Å². The van der Waals surface area contributed by atoms with Gasteiger partial charge in [-0.2, -0.15) is 0 Å². The maximum absolute atomic E-state index is 6.11. The number of nitrogens with one attached hydrogen (secondary N) is 1. The monoisotopic (exact) mass is 415 g/mol. The Hall–Kier alpha value is -3.31. The lowest BCUT2D eigenvalue weighted by Gasteiger charge is -2.26. The second kappa shape index (κ2) is 9.67. The van der Waals surface area contributed by atoms with Crippen molar-refractivity contribution in [3.8, 4) is 11.5 Å². The molecule has 0 amide bonds. The third-order valence-corrected chi connectivity index (χ3v) is 5.46. The zero-order chi connectivity index (χ0) is 21.6. The van der Waals surface area contributed by atoms with Crippen molar-refractivity contribution in [3.63, 3.8) is 0 Å². The van der Waals surface area contributed by atoms with Gasteiger partial charge in [-0.3, -0.25) is 0 Å². The van der Waals surface area contributed by atoms with Crippen molar-refractivity contribution in [1.82, 2.24) is 10.3 Å². The third kappa shape index (κ3) is 4.89. The van der Waals surface area contributed by atoms with Gasteiger partial charge in [-0.1, -0.05) is 42.5 Å². The van der Waals surface area contributed by atoms with E-state index in [0.717, 1.165) is 41.4 Å². The van der Waals surface area contributed by atoms with E-state index in [1.165, 1.54) is 11.1 Å². The van der Waals surface area contributed by atoms with Crippen molar-refractivity contribution in [3.05, 3.63) is 89.1 Å². The standard InChI is InChI=1S/C26H29N3O2/c1-29(2)26-20(10-7-14-28-26)11-12-23-22-17-24(30-3)25(16-21(22)13-15-27-23)31-18-19-8-5-4-6-9-19/h4-12,14,16-17,23,27H,13,15,18H2,1-3H3. The van der Waals surface area contributed by atoms with Crippen molar-refractivity contribution in [2.45, 2.75) is 19.1 Å². The van der Waals surface area contributed by atoms with Crippen molar-refractivity contribution < 1.29 is 9.47 Å². The highest BCUT2D eigenvalue weighted by atomic mass is 16.5. The second-order valence-electron chi connectivity index (χ2n) is 7.83. The van der Waals surface area contributed by atoms with Gasteiger partial charge in [0.25, 0.3) is 0 Å². The van der Waals surface area contributed by atoms with Crippen LogP contribution in [0.25, 0.3) is 6.08 Å². The van der Waals surface area contributed by atoms with Gasteiger partial charge < -0.3 is 19.7 Å². The van der Waals surface area contributed by atoms with Crippen LogP contribution < -0.4 is 19.7 Å². The van der Waals surface area contributed by atoms with Gasteiger partial charge in [0, 0.05) is 32.4 Å². The number of ether oxygens (including phenoxy) is 2. The highest BCUT2D eigenvalue weighted by molar-refractivity contribution is 5.64. The molecule has 0 aliphatic carbocycles. The SMILES string of the molecule is COc1cc2c(cc1OCc1ccccc1)CCNC2C=Cc1cccnc1N(C)C. The fourth-order valence-electron chi connectivity index (χ4n) is 3.89. The first-order valence-electron chi connectivity index (χ1n) is 10.6. The van der Waals surface area contributed by atoms with E-state index in [1.807, 2.05) is 49.5 Å². The molecule has 4 rings (SSSR count). The minimum Gasteiger partial charge on any atom is -0.493 e. The Morgan fingerprint density at radius 1 is 1.10 bits per heavy atom. The fraction of sp³-hybridized carbons (Fsp3) is 0.269. The molecule has 2 aromatic carbocycles. The lowest BCUT2D eigenvalue weighted by molar-refractivity contribution is 0.283. The number of aromatic nitrogens is 1. The number of pyridine rings is 1. The van der Waals surface area contributed by atoms with E-state index in [-0.39, 0.29) is 6.04 Å². The molecule has 0 saturated heterocycles. The third-order valence-electron chi connectivity index (χ3n) is 5.46. The molecule has 1 aliphatic rings. The first-order valence-corrected chi connectivity index (χ1v) is 10.6. The Labute approximate surface area is 184 Å². The van der Waals surface area contributed by atoms with Gasteiger partial charge in [-0.25, -0.2) is 4.98 Å². The Kier molecular flexibility index (Phi) is 6.53. The predicted octanol–water partition coefficient (Wildman–Crippen LogP) is 4.64.